The second kappa shape index (κ2) is 8.98. The quantitative estimate of drug-likeness (QED) is 0.569. The zero-order valence-corrected chi connectivity index (χ0v) is 18.5. The van der Waals surface area contributed by atoms with E-state index in [9.17, 15) is 9.90 Å². The van der Waals surface area contributed by atoms with Gasteiger partial charge in [0.1, 0.15) is 12.3 Å². The van der Waals surface area contributed by atoms with Crippen LogP contribution in [0.25, 0.3) is 17.0 Å². The summed E-state index contributed by atoms with van der Waals surface area (Å²) in [6, 6.07) is 11.3. The fourth-order valence-corrected chi connectivity index (χ4v) is 4.51. The zero-order valence-electron chi connectivity index (χ0n) is 18.5. The first-order chi connectivity index (χ1) is 15.1. The summed E-state index contributed by atoms with van der Waals surface area (Å²) in [4.78, 5) is 14.4. The third-order valence-corrected chi connectivity index (χ3v) is 5.98. The molecule has 0 bridgehead atoms. The molecule has 0 saturated carbocycles. The van der Waals surface area contributed by atoms with Crippen molar-refractivity contribution in [2.45, 2.75) is 46.7 Å². The van der Waals surface area contributed by atoms with Gasteiger partial charge < -0.3 is 19.3 Å². The number of rotatable bonds is 8. The number of ether oxygens (including phenoxy) is 1. The molecule has 2 aromatic carbocycles. The molecular formula is C26H30N2O3. The van der Waals surface area contributed by atoms with Crippen LogP contribution in [-0.4, -0.2) is 23.4 Å². The number of aryl methyl sites for hydroxylation is 1. The Labute approximate surface area is 183 Å². The van der Waals surface area contributed by atoms with Crippen molar-refractivity contribution in [1.82, 2.24) is 4.57 Å². The minimum Gasteiger partial charge on any atom is -0.872 e. The van der Waals surface area contributed by atoms with Gasteiger partial charge in [0.05, 0.1) is 18.7 Å². The molecule has 1 aromatic heterocycles. The molecule has 1 aliphatic heterocycles. The molecule has 0 spiro atoms. The van der Waals surface area contributed by atoms with Gasteiger partial charge in [0, 0.05) is 34.8 Å². The predicted octanol–water partition coefficient (Wildman–Crippen LogP) is 3.56. The van der Waals surface area contributed by atoms with Crippen molar-refractivity contribution in [2.24, 2.45) is 0 Å². The van der Waals surface area contributed by atoms with E-state index >= 15 is 0 Å². The standard InChI is InChI=1S/C26H30N2O3/c1-4-13-27(14-5-2)17-21-23(29)12-11-20-25(30)24(31-26(20)21)15-18-16-28(6-3)22-10-8-7-9-19(18)22/h7-12,15-16,29H,4-6,13-14,17H2,1-3H3/b24-15+. The number of benzene rings is 2. The maximum absolute atomic E-state index is 13.1. The molecule has 0 amide bonds. The van der Waals surface area contributed by atoms with E-state index in [2.05, 4.69) is 37.5 Å². The van der Waals surface area contributed by atoms with Crippen molar-refractivity contribution in [3.05, 3.63) is 65.0 Å². The summed E-state index contributed by atoms with van der Waals surface area (Å²) in [7, 11) is 0. The number of fused-ring (bicyclic) bond motifs is 2. The molecule has 0 fully saturated rings. The Morgan fingerprint density at radius 3 is 2.52 bits per heavy atom. The van der Waals surface area contributed by atoms with Gasteiger partial charge in [-0.05, 0) is 38.0 Å². The molecule has 5 heteroatoms. The Morgan fingerprint density at radius 2 is 1.81 bits per heavy atom. The van der Waals surface area contributed by atoms with E-state index in [0.29, 0.717) is 23.4 Å². The van der Waals surface area contributed by atoms with Gasteiger partial charge in [-0.25, -0.2) is 0 Å². The first kappa shape index (κ1) is 21.2. The Bertz CT molecular complexity index is 1140. The molecule has 31 heavy (non-hydrogen) atoms. The molecule has 1 N–H and O–H groups in total. The van der Waals surface area contributed by atoms with Gasteiger partial charge in [-0.2, -0.15) is 0 Å². The number of hydrogen-bond donors (Lipinski definition) is 1. The molecule has 0 saturated heterocycles. The highest BCUT2D eigenvalue weighted by molar-refractivity contribution is 6.15. The Balaban J connectivity index is 1.72. The lowest BCUT2D eigenvalue weighted by Gasteiger charge is -2.23. The molecule has 0 radical (unpaired) electrons. The SMILES string of the molecule is CCC[NH+](CCC)Cc1c([O-])ccc2c1O/C(=C/c1cn(CC)c3ccccc13)C2=O. The van der Waals surface area contributed by atoms with Gasteiger partial charge in [0.2, 0.25) is 5.78 Å². The number of ketones is 1. The van der Waals surface area contributed by atoms with Crippen LogP contribution in [0.2, 0.25) is 0 Å². The first-order valence-corrected chi connectivity index (χ1v) is 11.3. The number of aromatic nitrogens is 1. The molecule has 3 aromatic rings. The predicted molar refractivity (Wildman–Crippen MR) is 121 cm³/mol. The zero-order chi connectivity index (χ0) is 22.0. The number of Topliss-reactive ketones (excluding diaryl/α,β-unsaturated/α-hetero) is 1. The van der Waals surface area contributed by atoms with Crippen molar-refractivity contribution in [1.29, 1.82) is 0 Å². The molecule has 162 valence electrons. The lowest BCUT2D eigenvalue weighted by Crippen LogP contribution is -3.10. The van der Waals surface area contributed by atoms with E-state index < -0.39 is 0 Å². The van der Waals surface area contributed by atoms with E-state index in [-0.39, 0.29) is 17.3 Å². The second-order valence-electron chi connectivity index (χ2n) is 8.17. The average molecular weight is 419 g/mol. The van der Waals surface area contributed by atoms with E-state index in [0.717, 1.165) is 48.9 Å². The van der Waals surface area contributed by atoms with Crippen LogP contribution in [0.1, 0.15) is 55.1 Å². The molecule has 2 heterocycles. The molecule has 0 aliphatic carbocycles. The highest BCUT2D eigenvalue weighted by Crippen LogP contribution is 2.38. The maximum Gasteiger partial charge on any atom is 0.231 e. The number of allylic oxidation sites excluding steroid dienone is 1. The number of para-hydroxylation sites is 1. The van der Waals surface area contributed by atoms with Gasteiger partial charge in [0.15, 0.2) is 5.76 Å². The molecule has 4 rings (SSSR count). The van der Waals surface area contributed by atoms with Crippen LogP contribution in [0.15, 0.2) is 48.4 Å². The molecule has 1 aliphatic rings. The summed E-state index contributed by atoms with van der Waals surface area (Å²) in [5.41, 5.74) is 3.18. The van der Waals surface area contributed by atoms with Crippen LogP contribution in [0, 0.1) is 0 Å². The van der Waals surface area contributed by atoms with Crippen molar-refractivity contribution < 1.29 is 19.5 Å². The highest BCUT2D eigenvalue weighted by atomic mass is 16.5. The largest absolute Gasteiger partial charge is 0.872 e. The van der Waals surface area contributed by atoms with Gasteiger partial charge in [-0.15, -0.1) is 0 Å². The topological polar surface area (TPSA) is 58.7 Å². The first-order valence-electron chi connectivity index (χ1n) is 11.3. The number of carbonyl (C=O) groups is 1. The minimum atomic E-state index is -0.155. The summed E-state index contributed by atoms with van der Waals surface area (Å²) in [5.74, 6) is 0.526. The fourth-order valence-electron chi connectivity index (χ4n) is 4.51. The van der Waals surface area contributed by atoms with Crippen LogP contribution in [-0.2, 0) is 13.1 Å². The van der Waals surface area contributed by atoms with Gasteiger partial charge in [-0.3, -0.25) is 4.79 Å². The maximum atomic E-state index is 13.1. The number of nitrogens with zero attached hydrogens (tertiary/aromatic N) is 1. The summed E-state index contributed by atoms with van der Waals surface area (Å²) < 4.78 is 8.23. The fraction of sp³-hybridized carbons (Fsp3) is 0.346. The molecular weight excluding hydrogens is 388 g/mol. The third kappa shape index (κ3) is 3.98. The lowest BCUT2D eigenvalue weighted by molar-refractivity contribution is -0.914. The summed E-state index contributed by atoms with van der Waals surface area (Å²) in [6.45, 7) is 9.80. The number of quaternary nitrogens is 1. The van der Waals surface area contributed by atoms with Crippen LogP contribution in [0.3, 0.4) is 0 Å². The lowest BCUT2D eigenvalue weighted by atomic mass is 10.0. The Morgan fingerprint density at radius 1 is 1.06 bits per heavy atom. The summed E-state index contributed by atoms with van der Waals surface area (Å²) in [6.07, 6.45) is 5.95. The average Bonchev–Trinajstić information content (AvgIpc) is 3.28. The summed E-state index contributed by atoms with van der Waals surface area (Å²) in [5, 5.41) is 13.8. The van der Waals surface area contributed by atoms with Crippen molar-refractivity contribution in [3.8, 4) is 11.5 Å². The van der Waals surface area contributed by atoms with Crippen LogP contribution in [0.5, 0.6) is 11.5 Å². The van der Waals surface area contributed by atoms with E-state index in [4.69, 9.17) is 4.74 Å². The Kier molecular flexibility index (Phi) is 6.14. The minimum absolute atomic E-state index is 0.0555. The van der Waals surface area contributed by atoms with Crippen LogP contribution in [0.4, 0.5) is 0 Å². The van der Waals surface area contributed by atoms with Gasteiger partial charge >= 0.3 is 0 Å². The smallest absolute Gasteiger partial charge is 0.231 e. The van der Waals surface area contributed by atoms with Crippen molar-refractivity contribution in [2.75, 3.05) is 13.1 Å². The van der Waals surface area contributed by atoms with E-state index in [1.165, 1.54) is 11.0 Å². The van der Waals surface area contributed by atoms with Gasteiger partial charge in [0.25, 0.3) is 0 Å². The molecule has 0 atom stereocenters. The van der Waals surface area contributed by atoms with Crippen LogP contribution >= 0.6 is 0 Å². The third-order valence-electron chi connectivity index (χ3n) is 5.98. The number of nitrogens with one attached hydrogen (secondary N) is 1. The van der Waals surface area contributed by atoms with Crippen molar-refractivity contribution >= 4 is 22.8 Å². The number of hydrogen-bond acceptors (Lipinski definition) is 3. The summed E-state index contributed by atoms with van der Waals surface area (Å²) >= 11 is 0. The number of carbonyl (C=O) groups excluding carboxylic acids is 1. The monoisotopic (exact) mass is 418 g/mol. The van der Waals surface area contributed by atoms with E-state index in [1.807, 2.05) is 24.4 Å². The van der Waals surface area contributed by atoms with Crippen LogP contribution < -0.4 is 14.7 Å². The Hall–Kier alpha value is -3.05. The second-order valence-corrected chi connectivity index (χ2v) is 8.17. The van der Waals surface area contributed by atoms with E-state index in [1.54, 1.807) is 6.07 Å². The molecule has 5 nitrogen and oxygen atoms in total. The van der Waals surface area contributed by atoms with Gasteiger partial charge in [-0.1, -0.05) is 43.9 Å². The molecule has 0 unspecified atom stereocenters. The normalized spacial score (nSPS) is 14.6. The highest BCUT2D eigenvalue weighted by Gasteiger charge is 2.31. The van der Waals surface area contributed by atoms with Crippen molar-refractivity contribution in [3.63, 3.8) is 0 Å².